The lowest BCUT2D eigenvalue weighted by Crippen LogP contribution is -2.24. The molecule has 0 spiro atoms. The van der Waals surface area contributed by atoms with Crippen LogP contribution in [0.5, 0.6) is 11.5 Å². The number of aryl methyl sites for hydroxylation is 3. The predicted molar refractivity (Wildman–Crippen MR) is 122 cm³/mol. The number of nitrogens with zero attached hydrogens (tertiary/aromatic N) is 2. The van der Waals surface area contributed by atoms with Crippen molar-refractivity contribution in [3.05, 3.63) is 82.7 Å². The Morgan fingerprint density at radius 3 is 2.58 bits per heavy atom. The quantitative estimate of drug-likeness (QED) is 0.546. The van der Waals surface area contributed by atoms with Crippen LogP contribution < -0.4 is 14.8 Å². The van der Waals surface area contributed by atoms with Crippen molar-refractivity contribution >= 4 is 12.0 Å². The van der Waals surface area contributed by atoms with E-state index in [0.717, 1.165) is 33.9 Å². The monoisotopic (exact) mass is 419 g/mol. The minimum atomic E-state index is -0.163. The Kier molecular flexibility index (Phi) is 7.13. The molecule has 0 aliphatic heterocycles. The second-order valence-corrected chi connectivity index (χ2v) is 7.58. The van der Waals surface area contributed by atoms with Gasteiger partial charge in [-0.05, 0) is 56.7 Å². The van der Waals surface area contributed by atoms with Crippen LogP contribution in [-0.2, 0) is 18.4 Å². The average Bonchev–Trinajstić information content (AvgIpc) is 3.10. The van der Waals surface area contributed by atoms with Crippen LogP contribution in [0.15, 0.2) is 54.7 Å². The summed E-state index contributed by atoms with van der Waals surface area (Å²) in [5.41, 5.74) is 4.90. The molecule has 0 saturated carbocycles. The number of carbonyl (C=O) groups is 1. The Hall–Kier alpha value is -3.54. The van der Waals surface area contributed by atoms with Gasteiger partial charge in [-0.1, -0.05) is 23.8 Å². The van der Waals surface area contributed by atoms with Gasteiger partial charge in [0.15, 0.2) is 0 Å². The van der Waals surface area contributed by atoms with Gasteiger partial charge in [0.1, 0.15) is 18.1 Å². The zero-order valence-electron chi connectivity index (χ0n) is 18.7. The first-order valence-corrected chi connectivity index (χ1v) is 10.2. The van der Waals surface area contributed by atoms with Gasteiger partial charge in [0.2, 0.25) is 5.91 Å². The predicted octanol–water partition coefficient (Wildman–Crippen LogP) is 4.52. The number of rotatable bonds is 8. The number of ether oxygens (including phenoxy) is 2. The molecule has 0 aliphatic rings. The van der Waals surface area contributed by atoms with Crippen LogP contribution in [0.3, 0.4) is 0 Å². The second-order valence-electron chi connectivity index (χ2n) is 7.58. The number of benzene rings is 2. The van der Waals surface area contributed by atoms with E-state index in [1.54, 1.807) is 17.9 Å². The van der Waals surface area contributed by atoms with Crippen LogP contribution in [0, 0.1) is 13.8 Å². The molecule has 0 fully saturated rings. The highest BCUT2D eigenvalue weighted by atomic mass is 16.5. The SMILES string of the molecule is COc1ccc(/C=C/C(=O)NC(C)c2cn(C)nc2C)cc1COc1ccc(C)cc1. The molecular weight excluding hydrogens is 390 g/mol. The van der Waals surface area contributed by atoms with Gasteiger partial charge in [0.05, 0.1) is 18.8 Å². The van der Waals surface area contributed by atoms with Crippen LogP contribution >= 0.6 is 0 Å². The van der Waals surface area contributed by atoms with E-state index < -0.39 is 0 Å². The molecule has 0 aliphatic carbocycles. The van der Waals surface area contributed by atoms with Crippen molar-refractivity contribution in [2.45, 2.75) is 33.4 Å². The lowest BCUT2D eigenvalue weighted by molar-refractivity contribution is -0.117. The summed E-state index contributed by atoms with van der Waals surface area (Å²) < 4.78 is 13.1. The number of aromatic nitrogens is 2. The van der Waals surface area contributed by atoms with Crippen molar-refractivity contribution in [3.63, 3.8) is 0 Å². The number of hydrogen-bond acceptors (Lipinski definition) is 4. The van der Waals surface area contributed by atoms with Crippen LogP contribution in [-0.4, -0.2) is 22.8 Å². The summed E-state index contributed by atoms with van der Waals surface area (Å²) in [6.45, 7) is 6.30. The smallest absolute Gasteiger partial charge is 0.244 e. The normalized spacial score (nSPS) is 12.0. The van der Waals surface area contributed by atoms with Gasteiger partial charge in [-0.15, -0.1) is 0 Å². The first kappa shape index (κ1) is 22.2. The van der Waals surface area contributed by atoms with Gasteiger partial charge in [-0.25, -0.2) is 0 Å². The van der Waals surface area contributed by atoms with Gasteiger partial charge in [-0.3, -0.25) is 9.48 Å². The highest BCUT2D eigenvalue weighted by Gasteiger charge is 2.13. The number of amides is 1. The largest absolute Gasteiger partial charge is 0.496 e. The molecule has 2 aromatic carbocycles. The van der Waals surface area contributed by atoms with Crippen molar-refractivity contribution in [1.82, 2.24) is 15.1 Å². The maximum atomic E-state index is 12.4. The second kappa shape index (κ2) is 9.98. The van der Waals surface area contributed by atoms with Gasteiger partial charge in [-0.2, -0.15) is 5.10 Å². The molecule has 0 bridgehead atoms. The van der Waals surface area contributed by atoms with Gasteiger partial charge in [0, 0.05) is 30.4 Å². The van der Waals surface area contributed by atoms with Crippen molar-refractivity contribution in [2.24, 2.45) is 7.05 Å². The van der Waals surface area contributed by atoms with Crippen LogP contribution in [0.1, 0.15) is 40.9 Å². The summed E-state index contributed by atoms with van der Waals surface area (Å²) in [5.74, 6) is 1.38. The summed E-state index contributed by atoms with van der Waals surface area (Å²) >= 11 is 0. The molecule has 1 N–H and O–H groups in total. The standard InChI is InChI=1S/C25H29N3O3/c1-17-6-10-22(11-7-17)31-16-21-14-20(8-12-24(21)30-5)9-13-25(29)26-18(2)23-15-28(4)27-19(23)3/h6-15,18H,16H2,1-5H3,(H,26,29)/b13-9+. The summed E-state index contributed by atoms with van der Waals surface area (Å²) in [7, 11) is 3.50. The van der Waals surface area contributed by atoms with Crippen molar-refractivity contribution in [3.8, 4) is 11.5 Å². The molecular formula is C25H29N3O3. The number of nitrogens with one attached hydrogen (secondary N) is 1. The third-order valence-electron chi connectivity index (χ3n) is 5.02. The van der Waals surface area contributed by atoms with E-state index in [0.29, 0.717) is 6.61 Å². The molecule has 3 aromatic rings. The fourth-order valence-electron chi connectivity index (χ4n) is 3.36. The van der Waals surface area contributed by atoms with E-state index in [2.05, 4.69) is 10.4 Å². The Balaban J connectivity index is 1.65. The van der Waals surface area contributed by atoms with Crippen molar-refractivity contribution < 1.29 is 14.3 Å². The van der Waals surface area contributed by atoms with Gasteiger partial charge >= 0.3 is 0 Å². The van der Waals surface area contributed by atoms with Crippen molar-refractivity contribution in [1.29, 1.82) is 0 Å². The number of methoxy groups -OCH3 is 1. The highest BCUT2D eigenvalue weighted by Crippen LogP contribution is 2.23. The minimum Gasteiger partial charge on any atom is -0.496 e. The number of carbonyl (C=O) groups excluding carboxylic acids is 1. The summed E-state index contributed by atoms with van der Waals surface area (Å²) in [6, 6.07) is 13.5. The molecule has 1 aromatic heterocycles. The molecule has 0 saturated heterocycles. The molecule has 1 atom stereocenters. The molecule has 6 heteroatoms. The first-order valence-electron chi connectivity index (χ1n) is 10.2. The summed E-state index contributed by atoms with van der Waals surface area (Å²) in [5, 5.41) is 7.31. The zero-order valence-corrected chi connectivity index (χ0v) is 18.7. The molecule has 6 nitrogen and oxygen atoms in total. The molecule has 3 rings (SSSR count). The van der Waals surface area contributed by atoms with Gasteiger partial charge in [0.25, 0.3) is 0 Å². The van der Waals surface area contributed by atoms with E-state index in [9.17, 15) is 4.79 Å². The maximum Gasteiger partial charge on any atom is 0.244 e. The van der Waals surface area contributed by atoms with E-state index >= 15 is 0 Å². The minimum absolute atomic E-state index is 0.125. The molecule has 1 heterocycles. The fraction of sp³-hybridized carbons (Fsp3) is 0.280. The third-order valence-corrected chi connectivity index (χ3v) is 5.02. The van der Waals surface area contributed by atoms with Gasteiger partial charge < -0.3 is 14.8 Å². The molecule has 1 amide bonds. The van der Waals surface area contributed by atoms with Crippen molar-refractivity contribution in [2.75, 3.05) is 7.11 Å². The first-order chi connectivity index (χ1) is 14.9. The number of hydrogen-bond donors (Lipinski definition) is 1. The Morgan fingerprint density at radius 2 is 1.94 bits per heavy atom. The van der Waals surface area contributed by atoms with E-state index in [4.69, 9.17) is 9.47 Å². The molecule has 0 radical (unpaired) electrons. The fourth-order valence-corrected chi connectivity index (χ4v) is 3.36. The molecule has 31 heavy (non-hydrogen) atoms. The zero-order chi connectivity index (χ0) is 22.4. The maximum absolute atomic E-state index is 12.4. The van der Waals surface area contributed by atoms with E-state index in [1.807, 2.05) is 76.5 Å². The third kappa shape index (κ3) is 5.98. The average molecular weight is 420 g/mol. The Labute approximate surface area is 183 Å². The summed E-state index contributed by atoms with van der Waals surface area (Å²) in [4.78, 5) is 12.4. The molecule has 1 unspecified atom stereocenters. The van der Waals surface area contributed by atoms with Crippen LogP contribution in [0.4, 0.5) is 0 Å². The van der Waals surface area contributed by atoms with Crippen LogP contribution in [0.25, 0.3) is 6.08 Å². The molecule has 162 valence electrons. The Bertz CT molecular complexity index is 1070. The lowest BCUT2D eigenvalue weighted by atomic mass is 10.1. The topological polar surface area (TPSA) is 65.4 Å². The summed E-state index contributed by atoms with van der Waals surface area (Å²) in [6.07, 6.45) is 5.25. The van der Waals surface area contributed by atoms with Crippen LogP contribution in [0.2, 0.25) is 0 Å². The van der Waals surface area contributed by atoms with E-state index in [1.165, 1.54) is 11.6 Å². The Morgan fingerprint density at radius 1 is 1.19 bits per heavy atom. The lowest BCUT2D eigenvalue weighted by Gasteiger charge is -2.12. The van der Waals surface area contributed by atoms with E-state index in [-0.39, 0.29) is 11.9 Å². The highest BCUT2D eigenvalue weighted by molar-refractivity contribution is 5.92.